The summed E-state index contributed by atoms with van der Waals surface area (Å²) >= 11 is 5.82. The van der Waals surface area contributed by atoms with E-state index >= 15 is 0 Å². The molecule has 0 radical (unpaired) electrons. The van der Waals surface area contributed by atoms with Crippen LogP contribution in [0.25, 0.3) is 0 Å². The first kappa shape index (κ1) is 18.3. The highest BCUT2D eigenvalue weighted by Crippen LogP contribution is 2.20. The van der Waals surface area contributed by atoms with Crippen LogP contribution in [0.3, 0.4) is 0 Å². The summed E-state index contributed by atoms with van der Waals surface area (Å²) in [4.78, 5) is 12.1. The lowest BCUT2D eigenvalue weighted by Gasteiger charge is -2.20. The molecule has 0 aliphatic rings. The molecule has 0 fully saturated rings. The maximum atomic E-state index is 13.6. The smallest absolute Gasteiger partial charge is 0.241 e. The first-order valence-electron chi connectivity index (χ1n) is 7.25. The average Bonchev–Trinajstić information content (AvgIpc) is 2.55. The number of carbonyl (C=O) groups excluding carboxylic acids is 1. The maximum absolute atomic E-state index is 13.6. The van der Waals surface area contributed by atoms with Crippen molar-refractivity contribution >= 4 is 23.2 Å². The number of carbonyl (C=O) groups is 1. The van der Waals surface area contributed by atoms with Gasteiger partial charge in [0.1, 0.15) is 0 Å². The zero-order valence-electron chi connectivity index (χ0n) is 13.0. The third kappa shape index (κ3) is 4.27. The summed E-state index contributed by atoms with van der Waals surface area (Å²) in [5, 5.41) is 5.88. The van der Waals surface area contributed by atoms with Crippen LogP contribution < -0.4 is 10.6 Å². The van der Waals surface area contributed by atoms with Crippen LogP contribution in [0.1, 0.15) is 25.5 Å². The van der Waals surface area contributed by atoms with Gasteiger partial charge in [0, 0.05) is 11.1 Å². The number of amides is 1. The van der Waals surface area contributed by atoms with Crippen LogP contribution in [0.15, 0.2) is 36.4 Å². The van der Waals surface area contributed by atoms with E-state index in [1.165, 1.54) is 0 Å². The predicted molar refractivity (Wildman–Crippen MR) is 87.4 cm³/mol. The Bertz CT molecular complexity index is 737. The Morgan fingerprint density at radius 1 is 1.00 bits per heavy atom. The van der Waals surface area contributed by atoms with E-state index in [0.29, 0.717) is 5.02 Å². The largest absolute Gasteiger partial charge is 0.322 e. The van der Waals surface area contributed by atoms with Gasteiger partial charge in [-0.2, -0.15) is 0 Å². The summed E-state index contributed by atoms with van der Waals surface area (Å²) in [6.45, 7) is 3.44. The second kappa shape index (κ2) is 7.68. The third-order valence-electron chi connectivity index (χ3n) is 3.56. The summed E-state index contributed by atoms with van der Waals surface area (Å²) in [7, 11) is 0. The molecule has 0 saturated heterocycles. The van der Waals surface area contributed by atoms with Crippen LogP contribution in [0, 0.1) is 17.5 Å². The van der Waals surface area contributed by atoms with Gasteiger partial charge in [-0.25, -0.2) is 13.2 Å². The number of halogens is 4. The number of hydrogen-bond acceptors (Lipinski definition) is 2. The highest BCUT2D eigenvalue weighted by molar-refractivity contribution is 6.30. The SMILES string of the molecule is C[C@@H](N[C@H](C)c1ccc(Cl)cc1)C(=O)Nc1ccc(F)c(F)c1F. The van der Waals surface area contributed by atoms with Gasteiger partial charge >= 0.3 is 0 Å². The van der Waals surface area contributed by atoms with Crippen molar-refractivity contribution in [3.8, 4) is 0 Å². The molecule has 2 aromatic rings. The molecule has 0 aliphatic carbocycles. The molecule has 24 heavy (non-hydrogen) atoms. The highest BCUT2D eigenvalue weighted by Gasteiger charge is 2.20. The fourth-order valence-electron chi connectivity index (χ4n) is 2.16. The van der Waals surface area contributed by atoms with Crippen molar-refractivity contribution in [2.24, 2.45) is 0 Å². The minimum absolute atomic E-state index is 0.169. The number of nitrogens with one attached hydrogen (secondary N) is 2. The lowest BCUT2D eigenvalue weighted by Crippen LogP contribution is -2.39. The summed E-state index contributed by atoms with van der Waals surface area (Å²) in [5.74, 6) is -4.93. The molecule has 1 amide bonds. The normalized spacial score (nSPS) is 13.4. The van der Waals surface area contributed by atoms with Gasteiger partial charge in [-0.05, 0) is 43.7 Å². The minimum atomic E-state index is -1.62. The van der Waals surface area contributed by atoms with Crippen molar-refractivity contribution < 1.29 is 18.0 Å². The van der Waals surface area contributed by atoms with E-state index < -0.39 is 35.1 Å². The molecular weight excluding hydrogens is 341 g/mol. The van der Waals surface area contributed by atoms with Gasteiger partial charge in [0.05, 0.1) is 11.7 Å². The van der Waals surface area contributed by atoms with E-state index in [2.05, 4.69) is 10.6 Å². The number of anilines is 1. The first-order chi connectivity index (χ1) is 11.3. The highest BCUT2D eigenvalue weighted by atomic mass is 35.5. The van der Waals surface area contributed by atoms with Crippen molar-refractivity contribution in [3.05, 3.63) is 64.4 Å². The van der Waals surface area contributed by atoms with Gasteiger partial charge in [0.2, 0.25) is 5.91 Å². The zero-order chi connectivity index (χ0) is 17.9. The van der Waals surface area contributed by atoms with Crippen LogP contribution >= 0.6 is 11.6 Å². The Hall–Kier alpha value is -2.05. The van der Waals surface area contributed by atoms with E-state index in [-0.39, 0.29) is 6.04 Å². The molecule has 0 aromatic heterocycles. The van der Waals surface area contributed by atoms with Gasteiger partial charge in [-0.15, -0.1) is 0 Å². The summed E-state index contributed by atoms with van der Waals surface area (Å²) in [5.41, 5.74) is 0.504. The molecule has 0 aliphatic heterocycles. The van der Waals surface area contributed by atoms with Crippen LogP contribution in [0.5, 0.6) is 0 Å². The van der Waals surface area contributed by atoms with E-state index in [0.717, 1.165) is 17.7 Å². The Kier molecular flexibility index (Phi) is 5.85. The van der Waals surface area contributed by atoms with Crippen LogP contribution in [0.4, 0.5) is 18.9 Å². The van der Waals surface area contributed by atoms with E-state index in [4.69, 9.17) is 11.6 Å². The standard InChI is InChI=1S/C17H16ClF3N2O/c1-9(11-3-5-12(18)6-4-11)22-10(2)17(24)23-14-8-7-13(19)15(20)16(14)21/h3-10,22H,1-2H3,(H,23,24)/t9-,10-/m1/s1. The van der Waals surface area contributed by atoms with Gasteiger partial charge in [-0.3, -0.25) is 10.1 Å². The van der Waals surface area contributed by atoms with E-state index in [1.54, 1.807) is 19.1 Å². The van der Waals surface area contributed by atoms with E-state index in [9.17, 15) is 18.0 Å². The molecular formula is C17H16ClF3N2O. The zero-order valence-corrected chi connectivity index (χ0v) is 13.8. The molecule has 2 N–H and O–H groups in total. The molecule has 7 heteroatoms. The Labute approximate surface area is 142 Å². The Morgan fingerprint density at radius 3 is 2.25 bits per heavy atom. The summed E-state index contributed by atoms with van der Waals surface area (Å²) < 4.78 is 39.7. The average molecular weight is 357 g/mol. The Balaban J connectivity index is 2.02. The molecule has 2 rings (SSSR count). The van der Waals surface area contributed by atoms with E-state index in [1.807, 2.05) is 19.1 Å². The minimum Gasteiger partial charge on any atom is -0.322 e. The molecule has 128 valence electrons. The summed E-state index contributed by atoms with van der Waals surface area (Å²) in [6, 6.07) is 7.97. The summed E-state index contributed by atoms with van der Waals surface area (Å²) in [6.07, 6.45) is 0. The molecule has 2 aromatic carbocycles. The molecule has 0 saturated carbocycles. The van der Waals surface area contributed by atoms with Crippen LogP contribution in [0.2, 0.25) is 5.02 Å². The van der Waals surface area contributed by atoms with Gasteiger partial charge in [0.15, 0.2) is 17.5 Å². The number of rotatable bonds is 5. The van der Waals surface area contributed by atoms with Crippen LogP contribution in [-0.2, 0) is 4.79 Å². The van der Waals surface area contributed by atoms with Crippen molar-refractivity contribution in [2.75, 3.05) is 5.32 Å². The third-order valence-corrected chi connectivity index (χ3v) is 3.81. The monoisotopic (exact) mass is 356 g/mol. The van der Waals surface area contributed by atoms with Crippen molar-refractivity contribution in [1.29, 1.82) is 0 Å². The van der Waals surface area contributed by atoms with Crippen LogP contribution in [-0.4, -0.2) is 11.9 Å². The second-order valence-electron chi connectivity index (χ2n) is 5.37. The fraction of sp³-hybridized carbons (Fsp3) is 0.235. The number of benzene rings is 2. The molecule has 0 spiro atoms. The lowest BCUT2D eigenvalue weighted by atomic mass is 10.1. The first-order valence-corrected chi connectivity index (χ1v) is 7.63. The molecule has 3 nitrogen and oxygen atoms in total. The maximum Gasteiger partial charge on any atom is 0.241 e. The van der Waals surface area contributed by atoms with Gasteiger partial charge in [-0.1, -0.05) is 23.7 Å². The molecule has 2 atom stereocenters. The Morgan fingerprint density at radius 2 is 1.62 bits per heavy atom. The molecule has 0 bridgehead atoms. The molecule has 0 heterocycles. The predicted octanol–water partition coefficient (Wildman–Crippen LogP) is 4.44. The number of hydrogen-bond donors (Lipinski definition) is 2. The lowest BCUT2D eigenvalue weighted by molar-refractivity contribution is -0.118. The van der Waals surface area contributed by atoms with Gasteiger partial charge in [0.25, 0.3) is 0 Å². The fourth-order valence-corrected chi connectivity index (χ4v) is 2.29. The van der Waals surface area contributed by atoms with Crippen molar-refractivity contribution in [1.82, 2.24) is 5.32 Å². The van der Waals surface area contributed by atoms with Gasteiger partial charge < -0.3 is 5.32 Å². The quantitative estimate of drug-likeness (QED) is 0.778. The molecule has 0 unspecified atom stereocenters. The van der Waals surface area contributed by atoms with Crippen molar-refractivity contribution in [3.63, 3.8) is 0 Å². The topological polar surface area (TPSA) is 41.1 Å². The van der Waals surface area contributed by atoms with Crippen molar-refractivity contribution in [2.45, 2.75) is 25.9 Å². The second-order valence-corrected chi connectivity index (χ2v) is 5.81.